The average molecular weight is 402 g/mol. The molecule has 1 aliphatic rings. The Labute approximate surface area is 164 Å². The van der Waals surface area contributed by atoms with Crippen LogP contribution in [0.15, 0.2) is 41.2 Å². The minimum atomic E-state index is -0.911. The number of hydrogen-bond donors (Lipinski definition) is 2. The monoisotopic (exact) mass is 401 g/mol. The third kappa shape index (κ3) is 3.80. The van der Waals surface area contributed by atoms with E-state index in [1.165, 1.54) is 11.3 Å². The number of nitrogens with zero attached hydrogens (tertiary/aromatic N) is 2. The lowest BCUT2D eigenvalue weighted by atomic mass is 10.1. The van der Waals surface area contributed by atoms with E-state index in [4.69, 9.17) is 16.7 Å². The van der Waals surface area contributed by atoms with Gasteiger partial charge in [-0.1, -0.05) is 11.6 Å². The summed E-state index contributed by atoms with van der Waals surface area (Å²) in [6.45, 7) is 1.89. The molecule has 0 amide bonds. The average Bonchev–Trinajstić information content (AvgIpc) is 3.11. The van der Waals surface area contributed by atoms with E-state index in [9.17, 15) is 9.59 Å². The van der Waals surface area contributed by atoms with Crippen LogP contribution < -0.4 is 5.56 Å². The molecule has 0 saturated carbocycles. The van der Waals surface area contributed by atoms with Crippen molar-refractivity contribution in [1.29, 1.82) is 0 Å². The van der Waals surface area contributed by atoms with Gasteiger partial charge < -0.3 is 10.1 Å². The predicted octanol–water partition coefficient (Wildman–Crippen LogP) is 3.41. The maximum atomic E-state index is 12.6. The Kier molecular flexibility index (Phi) is 4.82. The van der Waals surface area contributed by atoms with Gasteiger partial charge in [-0.2, -0.15) is 0 Å². The Bertz CT molecular complexity index is 1060. The quantitative estimate of drug-likeness (QED) is 0.699. The van der Waals surface area contributed by atoms with Crippen LogP contribution in [-0.2, 0) is 19.5 Å². The number of aromatic carboxylic acids is 1. The first-order valence-electron chi connectivity index (χ1n) is 8.42. The maximum Gasteiger partial charge on any atom is 0.345 e. The Balaban J connectivity index is 1.55. The number of thiophene rings is 1. The summed E-state index contributed by atoms with van der Waals surface area (Å²) in [6, 6.07) is 10.6. The Hall–Kier alpha value is -2.48. The van der Waals surface area contributed by atoms with Crippen LogP contribution >= 0.6 is 22.9 Å². The number of aromatic amines is 1. The zero-order chi connectivity index (χ0) is 19.0. The summed E-state index contributed by atoms with van der Waals surface area (Å²) in [4.78, 5) is 34.6. The van der Waals surface area contributed by atoms with Crippen molar-refractivity contribution in [2.45, 2.75) is 19.5 Å². The lowest BCUT2D eigenvalue weighted by Gasteiger charge is -2.27. The van der Waals surface area contributed by atoms with Gasteiger partial charge in [0.1, 0.15) is 10.7 Å². The van der Waals surface area contributed by atoms with E-state index >= 15 is 0 Å². The molecule has 3 heterocycles. The molecule has 0 atom stereocenters. The number of aromatic nitrogens is 2. The molecule has 0 bridgehead atoms. The summed E-state index contributed by atoms with van der Waals surface area (Å²) in [5.41, 5.74) is 2.18. The molecule has 1 aromatic carbocycles. The number of H-pyrrole nitrogens is 1. The number of hydrogen-bond acceptors (Lipinski definition) is 5. The van der Waals surface area contributed by atoms with E-state index in [1.54, 1.807) is 18.2 Å². The van der Waals surface area contributed by atoms with Crippen LogP contribution in [0.25, 0.3) is 11.4 Å². The maximum absolute atomic E-state index is 12.6. The van der Waals surface area contributed by atoms with Crippen molar-refractivity contribution in [2.75, 3.05) is 6.54 Å². The number of nitrogens with one attached hydrogen (secondary N) is 1. The van der Waals surface area contributed by atoms with Crippen molar-refractivity contribution in [1.82, 2.24) is 14.9 Å². The largest absolute Gasteiger partial charge is 0.477 e. The zero-order valence-electron chi connectivity index (χ0n) is 14.2. The molecule has 3 aromatic rings. The van der Waals surface area contributed by atoms with Crippen molar-refractivity contribution in [3.8, 4) is 11.4 Å². The molecule has 8 heteroatoms. The van der Waals surface area contributed by atoms with Gasteiger partial charge in [-0.15, -0.1) is 11.3 Å². The number of carboxylic acid groups (broad SMARTS) is 1. The summed E-state index contributed by atoms with van der Waals surface area (Å²) in [6.07, 6.45) is 0.678. The third-order valence-electron chi connectivity index (χ3n) is 4.52. The van der Waals surface area contributed by atoms with Gasteiger partial charge in [0.25, 0.3) is 5.56 Å². The van der Waals surface area contributed by atoms with Crippen LogP contribution in [0.5, 0.6) is 0 Å². The minimum absolute atomic E-state index is 0.132. The van der Waals surface area contributed by atoms with Gasteiger partial charge in [-0.05, 0) is 36.4 Å². The molecule has 1 aliphatic heterocycles. The standard InChI is InChI=1S/C19H16ClN3O3S/c20-12-3-1-11(2-4-12)17-21-15-7-8-23(10-14(15)18(24)22-17)9-13-5-6-16(27-13)19(25)26/h1-6H,7-10H2,(H,25,26)(H,21,22,24). The molecule has 2 N–H and O–H groups in total. The van der Waals surface area contributed by atoms with Crippen molar-refractivity contribution >= 4 is 28.9 Å². The first-order valence-corrected chi connectivity index (χ1v) is 9.61. The van der Waals surface area contributed by atoms with E-state index in [0.717, 1.165) is 22.7 Å². The lowest BCUT2D eigenvalue weighted by molar-refractivity contribution is 0.0702. The number of fused-ring (bicyclic) bond motifs is 1. The molecule has 4 rings (SSSR count). The Morgan fingerprint density at radius 1 is 1.26 bits per heavy atom. The number of rotatable bonds is 4. The van der Waals surface area contributed by atoms with Gasteiger partial charge in [0, 0.05) is 41.5 Å². The van der Waals surface area contributed by atoms with Gasteiger partial charge in [0.05, 0.1) is 11.3 Å². The second-order valence-corrected chi connectivity index (χ2v) is 7.98. The molecule has 0 unspecified atom stereocenters. The zero-order valence-corrected chi connectivity index (χ0v) is 15.8. The second-order valence-electron chi connectivity index (χ2n) is 6.38. The fourth-order valence-corrected chi connectivity index (χ4v) is 4.17. The molecule has 27 heavy (non-hydrogen) atoms. The molecule has 6 nitrogen and oxygen atoms in total. The lowest BCUT2D eigenvalue weighted by Crippen LogP contribution is -2.35. The van der Waals surface area contributed by atoms with Crippen molar-refractivity contribution in [2.24, 2.45) is 0 Å². The van der Waals surface area contributed by atoms with E-state index in [-0.39, 0.29) is 5.56 Å². The SMILES string of the molecule is O=C(O)c1ccc(CN2CCc3nc(-c4ccc(Cl)cc4)[nH]c(=O)c3C2)s1. The van der Waals surface area contributed by atoms with Gasteiger partial charge in [0.15, 0.2) is 0 Å². The van der Waals surface area contributed by atoms with Crippen LogP contribution in [0.3, 0.4) is 0 Å². The summed E-state index contributed by atoms with van der Waals surface area (Å²) in [7, 11) is 0. The fourth-order valence-electron chi connectivity index (χ4n) is 3.16. The fraction of sp³-hybridized carbons (Fsp3) is 0.211. The molecule has 138 valence electrons. The first-order chi connectivity index (χ1) is 13.0. The molecule has 0 aliphatic carbocycles. The van der Waals surface area contributed by atoms with E-state index < -0.39 is 5.97 Å². The van der Waals surface area contributed by atoms with E-state index in [0.29, 0.717) is 40.8 Å². The Morgan fingerprint density at radius 2 is 2.04 bits per heavy atom. The predicted molar refractivity (Wildman–Crippen MR) is 104 cm³/mol. The molecule has 0 fully saturated rings. The number of halogens is 1. The molecule has 0 saturated heterocycles. The molecule has 0 radical (unpaired) electrons. The molecular formula is C19H16ClN3O3S. The summed E-state index contributed by atoms with van der Waals surface area (Å²) >= 11 is 7.18. The normalized spacial score (nSPS) is 14.1. The highest BCUT2D eigenvalue weighted by Gasteiger charge is 2.22. The van der Waals surface area contributed by atoms with E-state index in [2.05, 4.69) is 14.9 Å². The first kappa shape index (κ1) is 17.9. The van der Waals surface area contributed by atoms with Gasteiger partial charge in [0.2, 0.25) is 0 Å². The van der Waals surface area contributed by atoms with Crippen LogP contribution in [-0.4, -0.2) is 32.5 Å². The van der Waals surface area contributed by atoms with Gasteiger partial charge in [-0.3, -0.25) is 9.69 Å². The van der Waals surface area contributed by atoms with E-state index in [1.807, 2.05) is 18.2 Å². The van der Waals surface area contributed by atoms with Crippen LogP contribution in [0, 0.1) is 0 Å². The third-order valence-corrected chi connectivity index (χ3v) is 5.83. The highest BCUT2D eigenvalue weighted by atomic mass is 35.5. The van der Waals surface area contributed by atoms with Crippen molar-refractivity contribution in [3.05, 3.63) is 72.8 Å². The summed E-state index contributed by atoms with van der Waals surface area (Å²) in [5, 5.41) is 9.68. The highest BCUT2D eigenvalue weighted by Crippen LogP contribution is 2.23. The summed E-state index contributed by atoms with van der Waals surface area (Å²) in [5.74, 6) is -0.362. The second kappa shape index (κ2) is 7.26. The smallest absolute Gasteiger partial charge is 0.345 e. The van der Waals surface area contributed by atoms with Crippen LogP contribution in [0.1, 0.15) is 25.8 Å². The number of carbonyl (C=O) groups is 1. The summed E-state index contributed by atoms with van der Waals surface area (Å²) < 4.78 is 0. The molecule has 2 aromatic heterocycles. The molecule has 0 spiro atoms. The number of carboxylic acids is 1. The minimum Gasteiger partial charge on any atom is -0.477 e. The highest BCUT2D eigenvalue weighted by molar-refractivity contribution is 7.13. The van der Waals surface area contributed by atoms with Crippen LogP contribution in [0.2, 0.25) is 5.02 Å². The topological polar surface area (TPSA) is 86.3 Å². The van der Waals surface area contributed by atoms with Crippen molar-refractivity contribution in [3.63, 3.8) is 0 Å². The Morgan fingerprint density at radius 3 is 2.74 bits per heavy atom. The van der Waals surface area contributed by atoms with Crippen LogP contribution in [0.4, 0.5) is 0 Å². The van der Waals surface area contributed by atoms with Gasteiger partial charge in [-0.25, -0.2) is 9.78 Å². The van der Waals surface area contributed by atoms with Crippen molar-refractivity contribution < 1.29 is 9.90 Å². The number of benzene rings is 1. The molecular weight excluding hydrogens is 386 g/mol. The van der Waals surface area contributed by atoms with Gasteiger partial charge >= 0.3 is 5.97 Å².